The molecule has 2 aromatic rings. The van der Waals surface area contributed by atoms with Crippen LogP contribution in [0.25, 0.3) is 0 Å². The molecule has 144 valence electrons. The molecule has 0 saturated carbocycles. The molecule has 2 aromatic carbocycles. The van der Waals surface area contributed by atoms with Gasteiger partial charge in [0.15, 0.2) is 6.54 Å². The van der Waals surface area contributed by atoms with E-state index in [1.165, 1.54) is 12.1 Å². The standard InChI is InChI=1S/C20H21F2N2O2.BrH/c21-19(22)26-17-10-8-16(9-11-17)20(25)14-18(15-6-2-1-3-7-15)23-12-4-5-13-24(20)23;/h1-3,6-11,19,25H,4-5,12-14H2;1H/q+1;/p-1. The molecule has 0 aliphatic carbocycles. The lowest BCUT2D eigenvalue weighted by molar-refractivity contribution is -0.717. The Hall–Kier alpha value is -1.99. The molecule has 2 aliphatic rings. The Kier molecular flexibility index (Phi) is 5.81. The van der Waals surface area contributed by atoms with E-state index in [0.29, 0.717) is 12.0 Å². The summed E-state index contributed by atoms with van der Waals surface area (Å²) in [5.41, 5.74) is 1.67. The van der Waals surface area contributed by atoms with Gasteiger partial charge >= 0.3 is 6.61 Å². The van der Waals surface area contributed by atoms with Crippen molar-refractivity contribution in [1.29, 1.82) is 0 Å². The Morgan fingerprint density at radius 2 is 1.74 bits per heavy atom. The molecule has 1 N–H and O–H groups in total. The fourth-order valence-electron chi connectivity index (χ4n) is 3.88. The quantitative estimate of drug-likeness (QED) is 0.699. The van der Waals surface area contributed by atoms with E-state index in [2.05, 4.69) is 9.42 Å². The minimum absolute atomic E-state index is 0. The topological polar surface area (TPSA) is 35.7 Å². The van der Waals surface area contributed by atoms with Crippen LogP contribution >= 0.6 is 0 Å². The first-order chi connectivity index (χ1) is 12.6. The normalized spacial score (nSPS) is 21.9. The van der Waals surface area contributed by atoms with Crippen LogP contribution in [0, 0.1) is 0 Å². The molecule has 0 aromatic heterocycles. The van der Waals surface area contributed by atoms with Crippen molar-refractivity contribution in [3.8, 4) is 5.75 Å². The number of alkyl halides is 2. The highest BCUT2D eigenvalue weighted by Gasteiger charge is 2.53. The second kappa shape index (κ2) is 7.94. The summed E-state index contributed by atoms with van der Waals surface area (Å²) in [4.78, 5) is 0. The summed E-state index contributed by atoms with van der Waals surface area (Å²) >= 11 is 0. The summed E-state index contributed by atoms with van der Waals surface area (Å²) < 4.78 is 31.3. The molecule has 2 aliphatic heterocycles. The van der Waals surface area contributed by atoms with E-state index in [9.17, 15) is 13.9 Å². The van der Waals surface area contributed by atoms with Crippen molar-refractivity contribution in [2.75, 3.05) is 13.1 Å². The van der Waals surface area contributed by atoms with E-state index < -0.39 is 12.3 Å². The summed E-state index contributed by atoms with van der Waals surface area (Å²) in [6.45, 7) is -1.24. The first kappa shape index (κ1) is 19.8. The van der Waals surface area contributed by atoms with Crippen LogP contribution in [0.3, 0.4) is 0 Å². The van der Waals surface area contributed by atoms with Crippen molar-refractivity contribution in [3.63, 3.8) is 0 Å². The fraction of sp³-hybridized carbons (Fsp3) is 0.350. The molecule has 1 unspecified atom stereocenters. The largest absolute Gasteiger partial charge is 1.00 e. The van der Waals surface area contributed by atoms with E-state index in [4.69, 9.17) is 0 Å². The van der Waals surface area contributed by atoms with Crippen LogP contribution in [0.5, 0.6) is 5.75 Å². The molecule has 1 saturated heterocycles. The van der Waals surface area contributed by atoms with Gasteiger partial charge in [-0.1, -0.05) is 30.3 Å². The Balaban J connectivity index is 0.00000210. The van der Waals surface area contributed by atoms with Gasteiger partial charge in [-0.25, -0.2) is 0 Å². The maximum absolute atomic E-state index is 12.4. The van der Waals surface area contributed by atoms with Crippen molar-refractivity contribution in [2.45, 2.75) is 31.6 Å². The lowest BCUT2D eigenvalue weighted by atomic mass is 9.94. The number of hydrazine groups is 1. The lowest BCUT2D eigenvalue weighted by Gasteiger charge is -2.33. The fourth-order valence-corrected chi connectivity index (χ4v) is 3.88. The number of hydrogen-bond acceptors (Lipinski definition) is 3. The van der Waals surface area contributed by atoms with E-state index in [-0.39, 0.29) is 22.7 Å². The third kappa shape index (κ3) is 3.71. The molecular weight excluding hydrogens is 418 g/mol. The Morgan fingerprint density at radius 1 is 1.04 bits per heavy atom. The molecule has 7 heteroatoms. The Bertz CT molecular complexity index is 814. The predicted octanol–water partition coefficient (Wildman–Crippen LogP) is 0.353. The highest BCUT2D eigenvalue weighted by Crippen LogP contribution is 2.38. The number of ether oxygens (including phenoxy) is 1. The summed E-state index contributed by atoms with van der Waals surface area (Å²) in [7, 11) is 0. The summed E-state index contributed by atoms with van der Waals surface area (Å²) in [6.07, 6.45) is 2.53. The van der Waals surface area contributed by atoms with Crippen LogP contribution in [0.1, 0.15) is 30.4 Å². The zero-order valence-electron chi connectivity index (χ0n) is 14.7. The van der Waals surface area contributed by atoms with Crippen molar-refractivity contribution in [3.05, 3.63) is 65.7 Å². The number of aliphatic hydroxyl groups is 1. The van der Waals surface area contributed by atoms with Crippen LogP contribution < -0.4 is 21.7 Å². The van der Waals surface area contributed by atoms with Gasteiger partial charge in [-0.15, -0.1) is 9.69 Å². The number of halogens is 3. The number of hydrogen-bond donors (Lipinski definition) is 1. The van der Waals surface area contributed by atoms with E-state index in [0.717, 1.165) is 37.2 Å². The van der Waals surface area contributed by atoms with Crippen molar-refractivity contribution >= 4 is 5.71 Å². The molecule has 27 heavy (non-hydrogen) atoms. The van der Waals surface area contributed by atoms with Crippen LogP contribution in [-0.4, -0.2) is 40.2 Å². The van der Waals surface area contributed by atoms with Crippen molar-refractivity contribution < 1.29 is 40.3 Å². The number of hydrazone groups is 1. The first-order valence-electron chi connectivity index (χ1n) is 8.82. The van der Waals surface area contributed by atoms with Crippen LogP contribution in [-0.2, 0) is 5.72 Å². The van der Waals surface area contributed by atoms with Gasteiger partial charge in [0.1, 0.15) is 5.75 Å². The first-order valence-corrected chi connectivity index (χ1v) is 8.82. The third-order valence-electron chi connectivity index (χ3n) is 5.08. The summed E-state index contributed by atoms with van der Waals surface area (Å²) in [5, 5.41) is 13.5. The second-order valence-corrected chi connectivity index (χ2v) is 6.66. The molecule has 0 spiro atoms. The zero-order valence-corrected chi connectivity index (χ0v) is 16.3. The van der Waals surface area contributed by atoms with Crippen LogP contribution in [0.2, 0.25) is 0 Å². The molecule has 4 nitrogen and oxygen atoms in total. The maximum atomic E-state index is 12.4. The van der Waals surface area contributed by atoms with Gasteiger partial charge in [0.25, 0.3) is 0 Å². The Morgan fingerprint density at radius 3 is 2.41 bits per heavy atom. The van der Waals surface area contributed by atoms with E-state index in [1.807, 2.05) is 35.3 Å². The minimum Gasteiger partial charge on any atom is -1.00 e. The van der Waals surface area contributed by atoms with Crippen LogP contribution in [0.4, 0.5) is 8.78 Å². The average molecular weight is 439 g/mol. The molecule has 2 heterocycles. The highest BCUT2D eigenvalue weighted by atomic mass is 79.9. The summed E-state index contributed by atoms with van der Waals surface area (Å²) in [6, 6.07) is 16.3. The average Bonchev–Trinajstić information content (AvgIpc) is 2.97. The molecule has 0 radical (unpaired) electrons. The summed E-state index contributed by atoms with van der Waals surface area (Å²) in [5.74, 6) is 0.0908. The van der Waals surface area contributed by atoms with Gasteiger partial charge in [-0.05, 0) is 30.7 Å². The number of benzene rings is 2. The molecular formula is C20H21BrF2N2O2. The molecule has 1 atom stereocenters. The zero-order chi connectivity index (χ0) is 18.1. The van der Waals surface area contributed by atoms with Gasteiger partial charge in [0, 0.05) is 17.5 Å². The smallest absolute Gasteiger partial charge is 0.387 e. The van der Waals surface area contributed by atoms with Gasteiger partial charge in [0.05, 0.1) is 13.0 Å². The second-order valence-electron chi connectivity index (χ2n) is 6.66. The molecule has 0 bridgehead atoms. The van der Waals surface area contributed by atoms with Crippen molar-refractivity contribution in [2.24, 2.45) is 0 Å². The Labute approximate surface area is 167 Å². The lowest BCUT2D eigenvalue weighted by Crippen LogP contribution is -3.00. The van der Waals surface area contributed by atoms with Crippen LogP contribution in [0.15, 0.2) is 54.6 Å². The predicted molar refractivity (Wildman–Crippen MR) is 93.2 cm³/mol. The number of rotatable bonds is 4. The third-order valence-corrected chi connectivity index (χ3v) is 5.08. The minimum atomic E-state index is -2.86. The van der Waals surface area contributed by atoms with Crippen molar-refractivity contribution in [1.82, 2.24) is 5.01 Å². The maximum Gasteiger partial charge on any atom is 0.387 e. The van der Waals surface area contributed by atoms with Gasteiger partial charge in [-0.2, -0.15) is 8.78 Å². The van der Waals surface area contributed by atoms with Gasteiger partial charge in [0.2, 0.25) is 11.4 Å². The molecule has 1 fully saturated rings. The molecule has 4 rings (SSSR count). The monoisotopic (exact) mass is 438 g/mol. The SMILES string of the molecule is OC1(c2ccc(OC(F)F)cc2)CC(c2ccccc2)=[N+]2CCCCN21.[Br-]. The van der Waals surface area contributed by atoms with Gasteiger partial charge < -0.3 is 26.8 Å². The highest BCUT2D eigenvalue weighted by molar-refractivity contribution is 5.98. The molecule has 0 amide bonds. The van der Waals surface area contributed by atoms with Gasteiger partial charge in [-0.3, -0.25) is 0 Å². The number of fused-ring (bicyclic) bond motifs is 1. The van der Waals surface area contributed by atoms with E-state index >= 15 is 0 Å². The number of nitrogens with zero attached hydrogens (tertiary/aromatic N) is 2. The van der Waals surface area contributed by atoms with E-state index in [1.54, 1.807) is 12.1 Å².